The maximum Gasteiger partial charge on any atom is 0.231 e. The Kier molecular flexibility index (Phi) is 6.59. The van der Waals surface area contributed by atoms with Gasteiger partial charge in [0.1, 0.15) is 0 Å². The third-order valence-corrected chi connectivity index (χ3v) is 5.71. The van der Waals surface area contributed by atoms with Crippen molar-refractivity contribution in [2.45, 2.75) is 45.6 Å². The van der Waals surface area contributed by atoms with Crippen LogP contribution in [0.2, 0.25) is 0 Å². The fourth-order valence-corrected chi connectivity index (χ4v) is 3.85. The molecule has 25 heavy (non-hydrogen) atoms. The van der Waals surface area contributed by atoms with Gasteiger partial charge in [0.15, 0.2) is 11.5 Å². The standard InChI is InChI=1S/C19H27BrN2O3/c1-2-3-4-7-21-19(23)14-5-8-22(9-6-14)12-15-10-17-18(11-16(15)20)25-13-24-17/h10-11,14H,2-9,12-13H2,1H3,(H,21,23). The van der Waals surface area contributed by atoms with Crippen LogP contribution in [0.25, 0.3) is 0 Å². The van der Waals surface area contributed by atoms with Gasteiger partial charge in [-0.1, -0.05) is 35.7 Å². The van der Waals surface area contributed by atoms with E-state index in [4.69, 9.17) is 9.47 Å². The number of likely N-dealkylation sites (tertiary alicyclic amines) is 1. The molecule has 1 fully saturated rings. The van der Waals surface area contributed by atoms with Gasteiger partial charge in [-0.2, -0.15) is 0 Å². The van der Waals surface area contributed by atoms with Crippen LogP contribution in [0.1, 0.15) is 44.6 Å². The molecule has 2 aliphatic rings. The van der Waals surface area contributed by atoms with Crippen LogP contribution < -0.4 is 14.8 Å². The predicted molar refractivity (Wildman–Crippen MR) is 101 cm³/mol. The number of benzene rings is 1. The number of fused-ring (bicyclic) bond motifs is 1. The number of hydrogen-bond acceptors (Lipinski definition) is 4. The molecule has 3 rings (SSSR count). The number of rotatable bonds is 7. The summed E-state index contributed by atoms with van der Waals surface area (Å²) in [5.74, 6) is 2.02. The second kappa shape index (κ2) is 8.90. The number of halogens is 1. The van der Waals surface area contributed by atoms with Gasteiger partial charge >= 0.3 is 0 Å². The van der Waals surface area contributed by atoms with Gasteiger partial charge in [0.25, 0.3) is 0 Å². The molecule has 1 aromatic rings. The fourth-order valence-electron chi connectivity index (χ4n) is 3.41. The first-order valence-corrected chi connectivity index (χ1v) is 10.0. The van der Waals surface area contributed by atoms with E-state index < -0.39 is 0 Å². The van der Waals surface area contributed by atoms with Crippen LogP contribution in [0.4, 0.5) is 0 Å². The third-order valence-electron chi connectivity index (χ3n) is 4.97. The lowest BCUT2D eigenvalue weighted by molar-refractivity contribution is -0.126. The first-order chi connectivity index (χ1) is 12.2. The average molecular weight is 411 g/mol. The maximum absolute atomic E-state index is 12.2. The minimum Gasteiger partial charge on any atom is -0.454 e. The average Bonchev–Trinajstić information content (AvgIpc) is 3.06. The molecular formula is C19H27BrN2O3. The number of nitrogens with one attached hydrogen (secondary N) is 1. The second-order valence-electron chi connectivity index (χ2n) is 6.85. The van der Waals surface area contributed by atoms with E-state index in [0.717, 1.165) is 61.4 Å². The molecular weight excluding hydrogens is 384 g/mol. The van der Waals surface area contributed by atoms with Gasteiger partial charge in [0.2, 0.25) is 12.7 Å². The zero-order valence-corrected chi connectivity index (χ0v) is 16.4. The lowest BCUT2D eigenvalue weighted by Gasteiger charge is -2.31. The lowest BCUT2D eigenvalue weighted by atomic mass is 9.95. The summed E-state index contributed by atoms with van der Waals surface area (Å²) < 4.78 is 11.9. The summed E-state index contributed by atoms with van der Waals surface area (Å²) in [5, 5.41) is 3.09. The smallest absolute Gasteiger partial charge is 0.231 e. The topological polar surface area (TPSA) is 50.8 Å². The Bertz CT molecular complexity index is 601. The van der Waals surface area contributed by atoms with Crippen molar-refractivity contribution >= 4 is 21.8 Å². The molecule has 0 atom stereocenters. The zero-order valence-electron chi connectivity index (χ0n) is 14.9. The Labute approximate surface area is 158 Å². The van der Waals surface area contributed by atoms with E-state index in [1.54, 1.807) is 0 Å². The summed E-state index contributed by atoms with van der Waals surface area (Å²) in [6.45, 7) is 6.06. The number of unbranched alkanes of at least 4 members (excludes halogenated alkanes) is 2. The first-order valence-electron chi connectivity index (χ1n) is 9.25. The zero-order chi connectivity index (χ0) is 17.6. The van der Waals surface area contributed by atoms with Crippen molar-refractivity contribution in [1.82, 2.24) is 10.2 Å². The van der Waals surface area contributed by atoms with Crippen LogP contribution in [0.15, 0.2) is 16.6 Å². The number of piperidine rings is 1. The van der Waals surface area contributed by atoms with E-state index >= 15 is 0 Å². The molecule has 1 N–H and O–H groups in total. The summed E-state index contributed by atoms with van der Waals surface area (Å²) in [4.78, 5) is 14.6. The Balaban J connectivity index is 1.46. The van der Waals surface area contributed by atoms with Gasteiger partial charge in [-0.15, -0.1) is 0 Å². The van der Waals surface area contributed by atoms with Gasteiger partial charge in [0.05, 0.1) is 0 Å². The highest BCUT2D eigenvalue weighted by Crippen LogP contribution is 2.37. The summed E-state index contributed by atoms with van der Waals surface area (Å²) in [5.41, 5.74) is 1.20. The van der Waals surface area contributed by atoms with Crippen LogP contribution in [0.3, 0.4) is 0 Å². The summed E-state index contributed by atoms with van der Waals surface area (Å²) in [6, 6.07) is 4.03. The van der Waals surface area contributed by atoms with Crippen molar-refractivity contribution in [1.29, 1.82) is 0 Å². The molecule has 2 aliphatic heterocycles. The molecule has 0 radical (unpaired) electrons. The minimum absolute atomic E-state index is 0.165. The second-order valence-corrected chi connectivity index (χ2v) is 7.70. The number of carbonyl (C=O) groups is 1. The molecule has 0 unspecified atom stereocenters. The molecule has 5 nitrogen and oxygen atoms in total. The van der Waals surface area contributed by atoms with E-state index in [1.165, 1.54) is 18.4 Å². The largest absolute Gasteiger partial charge is 0.454 e. The van der Waals surface area contributed by atoms with E-state index in [9.17, 15) is 4.79 Å². The highest BCUT2D eigenvalue weighted by atomic mass is 79.9. The molecule has 1 saturated heterocycles. The fraction of sp³-hybridized carbons (Fsp3) is 0.632. The third kappa shape index (κ3) is 4.88. The van der Waals surface area contributed by atoms with Gasteiger partial charge in [-0.3, -0.25) is 9.69 Å². The molecule has 0 aliphatic carbocycles. The molecule has 0 aromatic heterocycles. The minimum atomic E-state index is 0.165. The van der Waals surface area contributed by atoms with E-state index in [1.807, 2.05) is 6.07 Å². The number of hydrogen-bond donors (Lipinski definition) is 1. The summed E-state index contributed by atoms with van der Waals surface area (Å²) in [6.07, 6.45) is 5.32. The van der Waals surface area contributed by atoms with Crippen molar-refractivity contribution in [3.05, 3.63) is 22.2 Å². The molecule has 0 bridgehead atoms. The monoisotopic (exact) mass is 410 g/mol. The summed E-state index contributed by atoms with van der Waals surface area (Å²) >= 11 is 3.63. The summed E-state index contributed by atoms with van der Waals surface area (Å²) in [7, 11) is 0. The van der Waals surface area contributed by atoms with Crippen LogP contribution >= 0.6 is 15.9 Å². The SMILES string of the molecule is CCCCCNC(=O)C1CCN(Cc2cc3c(cc2Br)OCO3)CC1. The van der Waals surface area contributed by atoms with Crippen LogP contribution in [0.5, 0.6) is 11.5 Å². The van der Waals surface area contributed by atoms with Gasteiger partial charge in [-0.05, 0) is 50.0 Å². The Morgan fingerprint density at radius 3 is 2.68 bits per heavy atom. The number of carbonyl (C=O) groups excluding carboxylic acids is 1. The number of ether oxygens (including phenoxy) is 2. The predicted octanol–water partition coefficient (Wildman–Crippen LogP) is 3.70. The number of amides is 1. The quantitative estimate of drug-likeness (QED) is 0.696. The van der Waals surface area contributed by atoms with E-state index in [0.29, 0.717) is 6.79 Å². The molecule has 138 valence electrons. The maximum atomic E-state index is 12.2. The Morgan fingerprint density at radius 2 is 1.96 bits per heavy atom. The van der Waals surface area contributed by atoms with Crippen molar-refractivity contribution in [2.24, 2.45) is 5.92 Å². The lowest BCUT2D eigenvalue weighted by Crippen LogP contribution is -2.40. The first kappa shape index (κ1) is 18.5. The van der Waals surface area contributed by atoms with Crippen LogP contribution in [-0.4, -0.2) is 37.2 Å². The van der Waals surface area contributed by atoms with Crippen LogP contribution in [0, 0.1) is 5.92 Å². The van der Waals surface area contributed by atoms with Gasteiger partial charge < -0.3 is 14.8 Å². The Hall–Kier alpha value is -1.27. The van der Waals surface area contributed by atoms with E-state index in [2.05, 4.69) is 39.1 Å². The molecule has 6 heteroatoms. The van der Waals surface area contributed by atoms with Gasteiger partial charge in [0, 0.05) is 23.5 Å². The number of nitrogens with zero attached hydrogens (tertiary/aromatic N) is 1. The van der Waals surface area contributed by atoms with Crippen LogP contribution in [-0.2, 0) is 11.3 Å². The Morgan fingerprint density at radius 1 is 1.24 bits per heavy atom. The van der Waals surface area contributed by atoms with Crippen molar-refractivity contribution in [3.8, 4) is 11.5 Å². The van der Waals surface area contributed by atoms with Gasteiger partial charge in [-0.25, -0.2) is 0 Å². The molecule has 1 aromatic carbocycles. The molecule has 2 heterocycles. The highest BCUT2D eigenvalue weighted by Gasteiger charge is 2.25. The molecule has 1 amide bonds. The van der Waals surface area contributed by atoms with E-state index in [-0.39, 0.29) is 11.8 Å². The molecule has 0 saturated carbocycles. The van der Waals surface area contributed by atoms with Crippen molar-refractivity contribution < 1.29 is 14.3 Å². The van der Waals surface area contributed by atoms with Crippen molar-refractivity contribution in [2.75, 3.05) is 26.4 Å². The highest BCUT2D eigenvalue weighted by molar-refractivity contribution is 9.10. The molecule has 0 spiro atoms. The normalized spacial score (nSPS) is 17.7. The van der Waals surface area contributed by atoms with Crippen molar-refractivity contribution in [3.63, 3.8) is 0 Å².